The summed E-state index contributed by atoms with van der Waals surface area (Å²) in [5.41, 5.74) is 2.00. The van der Waals surface area contributed by atoms with Crippen LogP contribution in [-0.4, -0.2) is 38.1 Å². The van der Waals surface area contributed by atoms with Crippen LogP contribution in [0.3, 0.4) is 0 Å². The van der Waals surface area contributed by atoms with E-state index in [1.165, 1.54) is 0 Å². The van der Waals surface area contributed by atoms with Crippen molar-refractivity contribution in [3.8, 4) is 11.5 Å². The van der Waals surface area contributed by atoms with Gasteiger partial charge in [0, 0.05) is 30.5 Å². The number of hydrogen-bond acceptors (Lipinski definition) is 6. The molecular formula is C18H22N2O4S. The molecule has 7 heteroatoms. The van der Waals surface area contributed by atoms with E-state index in [1.807, 2.05) is 30.3 Å². The van der Waals surface area contributed by atoms with Crippen LogP contribution in [0.1, 0.15) is 17.5 Å². The van der Waals surface area contributed by atoms with Crippen LogP contribution < -0.4 is 14.8 Å². The Morgan fingerprint density at radius 2 is 2.12 bits per heavy atom. The zero-order valence-corrected chi connectivity index (χ0v) is 15.0. The van der Waals surface area contributed by atoms with Gasteiger partial charge in [0.25, 0.3) is 0 Å². The summed E-state index contributed by atoms with van der Waals surface area (Å²) in [5, 5.41) is 3.31. The lowest BCUT2D eigenvalue weighted by atomic mass is 10.1. The van der Waals surface area contributed by atoms with Crippen molar-refractivity contribution in [1.29, 1.82) is 0 Å². The van der Waals surface area contributed by atoms with E-state index in [1.54, 1.807) is 19.5 Å². The average Bonchev–Trinajstić information content (AvgIpc) is 2.98. The van der Waals surface area contributed by atoms with Crippen molar-refractivity contribution in [2.75, 3.05) is 18.6 Å². The van der Waals surface area contributed by atoms with E-state index < -0.39 is 9.84 Å². The second-order valence-corrected chi connectivity index (χ2v) is 8.34. The van der Waals surface area contributed by atoms with Gasteiger partial charge >= 0.3 is 0 Å². The first-order valence-corrected chi connectivity index (χ1v) is 10.0. The molecule has 2 aromatic rings. The molecule has 1 saturated heterocycles. The summed E-state index contributed by atoms with van der Waals surface area (Å²) in [4.78, 5) is 4.07. The lowest BCUT2D eigenvalue weighted by Gasteiger charge is -2.14. The van der Waals surface area contributed by atoms with E-state index in [4.69, 9.17) is 9.47 Å². The van der Waals surface area contributed by atoms with Crippen LogP contribution in [0.5, 0.6) is 11.5 Å². The van der Waals surface area contributed by atoms with Gasteiger partial charge in [-0.1, -0.05) is 12.1 Å². The number of rotatable bonds is 7. The van der Waals surface area contributed by atoms with Crippen LogP contribution in [0, 0.1) is 0 Å². The van der Waals surface area contributed by atoms with E-state index >= 15 is 0 Å². The molecule has 1 N–H and O–H groups in total. The molecule has 2 heterocycles. The number of nitrogens with one attached hydrogen (secondary N) is 1. The van der Waals surface area contributed by atoms with Crippen molar-refractivity contribution in [1.82, 2.24) is 10.3 Å². The van der Waals surface area contributed by atoms with Crippen molar-refractivity contribution < 1.29 is 17.9 Å². The number of benzene rings is 1. The lowest BCUT2D eigenvalue weighted by Crippen LogP contribution is -2.29. The number of ether oxygens (including phenoxy) is 2. The van der Waals surface area contributed by atoms with E-state index in [0.717, 1.165) is 11.1 Å². The van der Waals surface area contributed by atoms with Gasteiger partial charge in [-0.3, -0.25) is 4.98 Å². The highest BCUT2D eigenvalue weighted by molar-refractivity contribution is 7.91. The summed E-state index contributed by atoms with van der Waals surface area (Å²) in [6.07, 6.45) is 4.15. The molecular weight excluding hydrogens is 340 g/mol. The number of pyridine rings is 1. The van der Waals surface area contributed by atoms with E-state index in [0.29, 0.717) is 31.1 Å². The highest BCUT2D eigenvalue weighted by atomic mass is 32.2. The molecule has 1 aromatic heterocycles. The number of aromatic nitrogens is 1. The molecule has 1 aliphatic rings. The Hall–Kier alpha value is -2.12. The normalized spacial score (nSPS) is 18.8. The Morgan fingerprint density at radius 3 is 2.80 bits per heavy atom. The molecule has 1 aromatic carbocycles. The molecule has 134 valence electrons. The maximum atomic E-state index is 11.5. The third kappa shape index (κ3) is 4.93. The minimum Gasteiger partial charge on any atom is -0.493 e. The minimum absolute atomic E-state index is 0.0202. The molecule has 25 heavy (non-hydrogen) atoms. The fourth-order valence-corrected chi connectivity index (χ4v) is 4.51. The molecule has 3 rings (SSSR count). The molecule has 0 saturated carbocycles. The fraction of sp³-hybridized carbons (Fsp3) is 0.389. The summed E-state index contributed by atoms with van der Waals surface area (Å²) in [6, 6.07) is 9.57. The van der Waals surface area contributed by atoms with E-state index in [9.17, 15) is 8.42 Å². The van der Waals surface area contributed by atoms with Gasteiger partial charge in [0.15, 0.2) is 21.3 Å². The smallest absolute Gasteiger partial charge is 0.161 e. The van der Waals surface area contributed by atoms with Gasteiger partial charge in [0.2, 0.25) is 0 Å². The SMILES string of the molecule is COc1ccc(CNC2CCS(=O)(=O)C2)cc1OCc1cccnc1. The second-order valence-electron chi connectivity index (χ2n) is 6.12. The zero-order chi connectivity index (χ0) is 17.7. The predicted molar refractivity (Wildman–Crippen MR) is 95.5 cm³/mol. The van der Waals surface area contributed by atoms with Crippen LogP contribution in [-0.2, 0) is 23.0 Å². The summed E-state index contributed by atoms with van der Waals surface area (Å²) < 4.78 is 34.3. The third-order valence-electron chi connectivity index (χ3n) is 4.17. The zero-order valence-electron chi connectivity index (χ0n) is 14.1. The largest absolute Gasteiger partial charge is 0.493 e. The Bertz CT molecular complexity index is 809. The van der Waals surface area contributed by atoms with Crippen molar-refractivity contribution in [2.45, 2.75) is 25.6 Å². The Morgan fingerprint density at radius 1 is 1.24 bits per heavy atom. The predicted octanol–water partition coefficient (Wildman–Crippen LogP) is 1.95. The van der Waals surface area contributed by atoms with Crippen LogP contribution in [0.2, 0.25) is 0 Å². The second kappa shape index (κ2) is 7.84. The molecule has 1 atom stereocenters. The molecule has 0 radical (unpaired) electrons. The number of methoxy groups -OCH3 is 1. The Kier molecular flexibility index (Phi) is 5.55. The maximum absolute atomic E-state index is 11.5. The highest BCUT2D eigenvalue weighted by Gasteiger charge is 2.27. The molecule has 0 amide bonds. The molecule has 6 nitrogen and oxygen atoms in total. The summed E-state index contributed by atoms with van der Waals surface area (Å²) in [5.74, 6) is 1.81. The van der Waals surface area contributed by atoms with Crippen molar-refractivity contribution in [2.24, 2.45) is 0 Å². The fourth-order valence-electron chi connectivity index (χ4n) is 2.81. The van der Waals surface area contributed by atoms with Crippen LogP contribution in [0.15, 0.2) is 42.7 Å². The Balaban J connectivity index is 1.63. The number of hydrogen-bond donors (Lipinski definition) is 1. The summed E-state index contributed by atoms with van der Waals surface area (Å²) in [7, 11) is -1.27. The molecule has 1 aliphatic heterocycles. The number of sulfone groups is 1. The lowest BCUT2D eigenvalue weighted by molar-refractivity contribution is 0.283. The minimum atomic E-state index is -2.87. The van der Waals surface area contributed by atoms with Gasteiger partial charge in [-0.15, -0.1) is 0 Å². The monoisotopic (exact) mass is 362 g/mol. The van der Waals surface area contributed by atoms with Crippen LogP contribution in [0.25, 0.3) is 0 Å². The summed E-state index contributed by atoms with van der Waals surface area (Å²) in [6.45, 7) is 0.995. The Labute approximate surface area is 148 Å². The standard InChI is InChI=1S/C18H22N2O4S/c1-23-17-5-4-14(11-20-16-6-8-25(21,22)13-16)9-18(17)24-12-15-3-2-7-19-10-15/h2-5,7,9-10,16,20H,6,8,11-13H2,1H3. The average molecular weight is 362 g/mol. The first-order chi connectivity index (χ1) is 12.1. The quantitative estimate of drug-likeness (QED) is 0.811. The van der Waals surface area contributed by atoms with Crippen LogP contribution >= 0.6 is 0 Å². The van der Waals surface area contributed by atoms with Crippen molar-refractivity contribution in [3.63, 3.8) is 0 Å². The van der Waals surface area contributed by atoms with Gasteiger partial charge in [-0.25, -0.2) is 8.42 Å². The van der Waals surface area contributed by atoms with Crippen molar-refractivity contribution in [3.05, 3.63) is 53.9 Å². The van der Waals surface area contributed by atoms with Gasteiger partial charge in [0.05, 0.1) is 18.6 Å². The molecule has 1 unspecified atom stereocenters. The maximum Gasteiger partial charge on any atom is 0.161 e. The highest BCUT2D eigenvalue weighted by Crippen LogP contribution is 2.29. The first kappa shape index (κ1) is 17.7. The van der Waals surface area contributed by atoms with Gasteiger partial charge in [0.1, 0.15) is 6.61 Å². The van der Waals surface area contributed by atoms with Crippen molar-refractivity contribution >= 4 is 9.84 Å². The molecule has 0 spiro atoms. The summed E-state index contributed by atoms with van der Waals surface area (Å²) >= 11 is 0. The molecule has 0 bridgehead atoms. The third-order valence-corrected chi connectivity index (χ3v) is 5.94. The van der Waals surface area contributed by atoms with E-state index in [-0.39, 0.29) is 17.5 Å². The molecule has 0 aliphatic carbocycles. The first-order valence-electron chi connectivity index (χ1n) is 8.18. The van der Waals surface area contributed by atoms with Gasteiger partial charge in [-0.2, -0.15) is 0 Å². The van der Waals surface area contributed by atoms with Gasteiger partial charge < -0.3 is 14.8 Å². The van der Waals surface area contributed by atoms with Crippen LogP contribution in [0.4, 0.5) is 0 Å². The van der Waals surface area contributed by atoms with E-state index in [2.05, 4.69) is 10.3 Å². The molecule has 1 fully saturated rings. The topological polar surface area (TPSA) is 77.5 Å². The van der Waals surface area contributed by atoms with Gasteiger partial charge in [-0.05, 0) is 30.2 Å². The number of nitrogens with zero attached hydrogens (tertiary/aromatic N) is 1.